The second kappa shape index (κ2) is 58.7. The van der Waals surface area contributed by atoms with Gasteiger partial charge in [-0.3, -0.25) is 39.3 Å². The maximum atomic E-state index is 12.6. The number of fused-ring (bicyclic) bond motifs is 1. The number of nitrogens with one attached hydrogen (secondary N) is 3. The van der Waals surface area contributed by atoms with Crippen LogP contribution in [0.1, 0.15) is 175 Å². The number of nitrogens with zero attached hydrogens (tertiary/aromatic N) is 10. The van der Waals surface area contributed by atoms with Crippen LogP contribution in [0, 0.1) is 5.41 Å². The fraction of sp³-hybridized carbons (Fsp3) is 0.318. The molecule has 724 valence electrons. The van der Waals surface area contributed by atoms with Crippen molar-refractivity contribution in [2.45, 2.75) is 122 Å². The van der Waals surface area contributed by atoms with E-state index in [0.717, 1.165) is 44.1 Å². The van der Waals surface area contributed by atoms with E-state index in [1.807, 2.05) is 13.8 Å². The van der Waals surface area contributed by atoms with Gasteiger partial charge in [0, 0.05) is 115 Å². The molecule has 0 atom stereocenters. The third-order valence-electron chi connectivity index (χ3n) is 16.2. The number of carbonyl (C=O) groups excluding carboxylic acids is 6. The SMILES string of the molecule is C.C.C.C.C.C.C1CCOC1.CC.CC(=O)c1ccc(C(=O)CO)cc1.Clc1ncc2cn[nH]c2n1.Cn1cc(-c2ccc(C(=O)CO)cc2)nc1C(F)(F)F.Cn1cc(-c2ccc(CCl)cc2)nc1C(F)(F)F.Cn1cc(-c2ccc(CO)cc2)nc1C(F)(F)F.N=C(N)C(F)(F)F.O=C(CO)c1ccc(-c2cnc(C(F)(F)F)[nH]2)cc1.O=C(CO)c1ccc(C(=O)CBr)cc1. The predicted octanol–water partition coefficient (Wildman–Crippen LogP) is 20.6. The third-order valence-corrected chi connectivity index (χ3v) is 17.2. The highest BCUT2D eigenvalue weighted by molar-refractivity contribution is 9.09. The summed E-state index contributed by atoms with van der Waals surface area (Å²) in [4.78, 5) is 90.2. The van der Waals surface area contributed by atoms with Crippen molar-refractivity contribution in [2.75, 3.05) is 45.0 Å². The van der Waals surface area contributed by atoms with Crippen LogP contribution in [0.3, 0.4) is 0 Å². The van der Waals surface area contributed by atoms with Crippen LogP contribution in [0.2, 0.25) is 5.28 Å². The number of aliphatic hydroxyl groups excluding tert-OH is 5. The van der Waals surface area contributed by atoms with Gasteiger partial charge in [0.05, 0.1) is 52.5 Å². The minimum Gasteiger partial charge on any atom is -0.392 e. The Morgan fingerprint density at radius 1 is 0.462 bits per heavy atom. The van der Waals surface area contributed by atoms with Crippen molar-refractivity contribution >= 4 is 90.7 Å². The number of ketones is 6. The minimum absolute atomic E-state index is 0. The van der Waals surface area contributed by atoms with Crippen molar-refractivity contribution in [1.29, 1.82) is 5.41 Å². The number of H-pyrrole nitrogens is 2. The largest absolute Gasteiger partial charge is 0.449 e. The highest BCUT2D eigenvalue weighted by Crippen LogP contribution is 2.35. The number of benzene rings is 6. The van der Waals surface area contributed by atoms with Gasteiger partial charge in [0.2, 0.25) is 28.6 Å². The number of aryl methyl sites for hydroxylation is 3. The summed E-state index contributed by atoms with van der Waals surface area (Å²) in [6, 6.07) is 37.7. The van der Waals surface area contributed by atoms with E-state index in [-0.39, 0.29) is 102 Å². The second-order valence-electron chi connectivity index (χ2n) is 25.3. The van der Waals surface area contributed by atoms with Crippen LogP contribution in [0.15, 0.2) is 183 Å². The Hall–Kier alpha value is -12.0. The molecule has 12 aromatic rings. The van der Waals surface area contributed by atoms with Gasteiger partial charge >= 0.3 is 30.9 Å². The summed E-state index contributed by atoms with van der Waals surface area (Å²) < 4.78 is 191. The summed E-state index contributed by atoms with van der Waals surface area (Å²) >= 11 is 14.2. The molecule has 1 aliphatic heterocycles. The highest BCUT2D eigenvalue weighted by atomic mass is 79.9. The number of nitrogens with two attached hydrogens (primary N) is 1. The van der Waals surface area contributed by atoms with Crippen LogP contribution in [-0.4, -0.2) is 176 Å². The molecule has 132 heavy (non-hydrogen) atoms. The number of aromatic nitrogens is 12. The maximum Gasteiger partial charge on any atom is 0.449 e. The first-order valence-corrected chi connectivity index (χ1v) is 38.4. The zero-order chi connectivity index (χ0) is 94.6. The molecule has 0 saturated carbocycles. The van der Waals surface area contributed by atoms with E-state index >= 15 is 0 Å². The van der Waals surface area contributed by atoms with Gasteiger partial charge in [0.25, 0.3) is 0 Å². The smallest absolute Gasteiger partial charge is 0.392 e. The topological polar surface area (TPSA) is 399 Å². The molecule has 6 aromatic heterocycles. The average molecular weight is 1990 g/mol. The lowest BCUT2D eigenvalue weighted by atomic mass is 10.1. The van der Waals surface area contributed by atoms with Gasteiger partial charge < -0.3 is 54.7 Å². The van der Waals surface area contributed by atoms with Crippen molar-refractivity contribution in [3.63, 3.8) is 0 Å². The minimum atomic E-state index is -4.64. The van der Waals surface area contributed by atoms with Gasteiger partial charge in [-0.2, -0.15) is 75.9 Å². The van der Waals surface area contributed by atoms with Crippen LogP contribution in [-0.2, 0) is 63.1 Å². The molecule has 44 heteroatoms. The van der Waals surface area contributed by atoms with E-state index in [2.05, 4.69) is 66.7 Å². The molecule has 0 amide bonds. The lowest BCUT2D eigenvalue weighted by Crippen LogP contribution is -2.29. The van der Waals surface area contributed by atoms with Gasteiger partial charge in [-0.1, -0.05) is 220 Å². The Labute approximate surface area is 770 Å². The normalized spacial score (nSPS) is 11.0. The molecule has 6 aromatic carbocycles. The molecule has 7 heterocycles. The lowest BCUT2D eigenvalue weighted by molar-refractivity contribution is -0.147. The summed E-state index contributed by atoms with van der Waals surface area (Å²) in [6.45, 7) is 5.13. The zero-order valence-corrected chi connectivity index (χ0v) is 70.1. The quantitative estimate of drug-likeness (QED) is 0.0102. The van der Waals surface area contributed by atoms with Gasteiger partial charge in [-0.05, 0) is 48.1 Å². The molecule has 13 rings (SSSR count). The van der Waals surface area contributed by atoms with Gasteiger partial charge in [0.1, 0.15) is 26.4 Å². The maximum absolute atomic E-state index is 12.6. The monoisotopic (exact) mass is 1980 g/mol. The number of aromatic amines is 2. The molecule has 1 fully saturated rings. The summed E-state index contributed by atoms with van der Waals surface area (Å²) in [5.41, 5.74) is 11.9. The Kier molecular flexibility index (Phi) is 55.2. The summed E-state index contributed by atoms with van der Waals surface area (Å²) in [5, 5.41) is 57.0. The molecular weight excluding hydrogens is 1880 g/mol. The Bertz CT molecular complexity index is 5330. The third kappa shape index (κ3) is 40.0. The summed E-state index contributed by atoms with van der Waals surface area (Å²) in [7, 11) is 3.90. The number of aliphatic hydroxyl groups is 5. The molecule has 26 nitrogen and oxygen atoms in total. The molecule has 0 radical (unpaired) electrons. The van der Waals surface area contributed by atoms with Crippen molar-refractivity contribution in [1.82, 2.24) is 58.8 Å². The highest BCUT2D eigenvalue weighted by Gasteiger charge is 2.39. The summed E-state index contributed by atoms with van der Waals surface area (Å²) in [5.74, 6) is -6.93. The van der Waals surface area contributed by atoms with E-state index in [1.54, 1.807) is 85.2 Å². The van der Waals surface area contributed by atoms with Crippen LogP contribution < -0.4 is 5.73 Å². The van der Waals surface area contributed by atoms with Crippen LogP contribution in [0.4, 0.5) is 65.9 Å². The number of amidine groups is 1. The first-order valence-electron chi connectivity index (χ1n) is 36.4. The standard InChI is InChI=1S/C13H11F3N2O2.C12H10ClF3N2.C12H9F3N2O2.C12H11F3N2O.C10H9BrO3.C10H10O3.C5H3ClN4.C4H8O.C2H3F3N2.C2H6.6CH4/c1-18-6-10(17-12(18)13(14,15)16)8-2-4-9(5-3-8)11(20)7-19;1-18-7-10(17-11(18)12(14,15)16)9-4-2-8(6-13)3-5-9;13-12(14,15)11-16-5-9(17-11)7-1-3-8(4-2-7)10(19)6-18;1-17-6-10(16-11(17)12(13,14)15)9-4-2-8(7-18)3-5-9;11-5-9(13)7-1-3-8(4-2-7)10(14)6-12;1-7(12)8-2-4-9(5-3-8)10(13)6-11;6-5-7-1-3-2-8-10-4(3)9-5;1-2-4-5-3-1;3-2(4,5)1(6)7;1-2;;;;;;/h2-6,19H,7H2,1H3;2-5,7H,6H2,1H3;1-5,18H,6H2,(H,16,17);2-6,18H,7H2,1H3;1-4,12H,5-6H2;2-5,11H,6H2,1H3;1-2H,(H,7,8,9,10);1-4H2;(H3,6,7);1-2H3;6*1H4. The number of ether oxygens (including phenoxy) is 1. The summed E-state index contributed by atoms with van der Waals surface area (Å²) in [6.07, 6.45) is -11.7. The molecule has 0 bridgehead atoms. The average Bonchev–Trinajstić information content (AvgIpc) is 1.67. The van der Waals surface area contributed by atoms with E-state index in [9.17, 15) is 94.6 Å². The Morgan fingerprint density at radius 2 is 0.773 bits per heavy atom. The van der Waals surface area contributed by atoms with Gasteiger partial charge in [-0.15, -0.1) is 11.6 Å². The number of Topliss-reactive ketones (excluding diaryl/α,β-unsaturated/α-hetero) is 6. The van der Waals surface area contributed by atoms with E-state index in [1.165, 1.54) is 132 Å². The Balaban J connectivity index is -0.00000143. The molecule has 10 N–H and O–H groups in total. The van der Waals surface area contributed by atoms with E-state index < -0.39 is 98.0 Å². The van der Waals surface area contributed by atoms with Crippen LogP contribution in [0.5, 0.6) is 0 Å². The fourth-order valence-corrected chi connectivity index (χ4v) is 10.5. The van der Waals surface area contributed by atoms with Crippen LogP contribution >= 0.6 is 39.1 Å². The van der Waals surface area contributed by atoms with E-state index in [4.69, 9.17) is 58.9 Å². The van der Waals surface area contributed by atoms with Crippen molar-refractivity contribution in [3.05, 3.63) is 256 Å². The number of imidazole rings is 4. The zero-order valence-electron chi connectivity index (χ0n) is 67.0. The molecule has 0 unspecified atom stereocenters. The Morgan fingerprint density at radius 3 is 1.04 bits per heavy atom. The molecule has 0 spiro atoms. The lowest BCUT2D eigenvalue weighted by Gasteiger charge is -2.04. The number of rotatable bonds is 17. The second-order valence-corrected chi connectivity index (χ2v) is 26.5. The van der Waals surface area contributed by atoms with Crippen molar-refractivity contribution < 1.29 is 125 Å². The van der Waals surface area contributed by atoms with Gasteiger partial charge in [0.15, 0.2) is 46.2 Å². The van der Waals surface area contributed by atoms with Crippen molar-refractivity contribution in [3.8, 4) is 45.0 Å². The number of alkyl halides is 17. The fourth-order valence-electron chi connectivity index (χ4n) is 9.83. The predicted molar refractivity (Wildman–Crippen MR) is 479 cm³/mol. The number of carbonyl (C=O) groups is 6. The molecule has 0 aliphatic carbocycles. The number of halogens is 18. The first-order chi connectivity index (χ1) is 59.2. The van der Waals surface area contributed by atoms with E-state index in [0.29, 0.717) is 78.4 Å². The molecule has 1 saturated heterocycles. The number of hydrogen-bond donors (Lipinski definition) is 9. The molecule has 1 aliphatic rings. The molecular formula is C88H104BrCl2F15N14O12. The van der Waals surface area contributed by atoms with Gasteiger partial charge in [-0.25, -0.2) is 24.9 Å². The van der Waals surface area contributed by atoms with Crippen molar-refractivity contribution in [2.24, 2.45) is 26.9 Å². The number of hydrogen-bond acceptors (Lipinski definition) is 20. The van der Waals surface area contributed by atoms with Crippen LogP contribution in [0.25, 0.3) is 56.1 Å². The first kappa shape index (κ1) is 124.